The smallest absolute Gasteiger partial charge is 0.0853 e. The summed E-state index contributed by atoms with van der Waals surface area (Å²) in [5.74, 6) is 0.227. The van der Waals surface area contributed by atoms with Crippen LogP contribution in [0.4, 0.5) is 0 Å². The molecule has 1 fully saturated rings. The highest BCUT2D eigenvalue weighted by molar-refractivity contribution is 5.03. The lowest BCUT2D eigenvalue weighted by atomic mass is 9.89. The Hall–Kier alpha value is -0.340. The first-order valence-corrected chi connectivity index (χ1v) is 4.20. The van der Waals surface area contributed by atoms with E-state index in [2.05, 4.69) is 6.58 Å². The molecule has 1 aliphatic rings. The van der Waals surface area contributed by atoms with E-state index in [1.54, 1.807) is 6.08 Å². The fourth-order valence-corrected chi connectivity index (χ4v) is 1.90. The second-order valence-electron chi connectivity index (χ2n) is 3.30. The highest BCUT2D eigenvalue weighted by atomic mass is 16.3. The van der Waals surface area contributed by atoms with Crippen LogP contribution in [-0.2, 0) is 0 Å². The molecule has 0 unspecified atom stereocenters. The summed E-state index contributed by atoms with van der Waals surface area (Å²) in [6.45, 7) is 3.78. The maximum absolute atomic E-state index is 9.86. The van der Waals surface area contributed by atoms with Gasteiger partial charge in [0.1, 0.15) is 0 Å². The topological polar surface area (TPSA) is 40.5 Å². The van der Waals surface area contributed by atoms with Crippen molar-refractivity contribution >= 4 is 0 Å². The van der Waals surface area contributed by atoms with Gasteiger partial charge in [-0.2, -0.15) is 0 Å². The third kappa shape index (κ3) is 1.63. The Kier molecular flexibility index (Phi) is 2.68. The van der Waals surface area contributed by atoms with Gasteiger partial charge in [-0.3, -0.25) is 0 Å². The Morgan fingerprint density at radius 1 is 1.64 bits per heavy atom. The molecule has 0 amide bonds. The standard InChI is InChI=1S/C9H16O2/c1-2-9(11)6-3-4-8(9)5-7-10/h2,8,10-11H,1,3-7H2/t8-,9+/m1/s1. The number of rotatable bonds is 3. The van der Waals surface area contributed by atoms with Crippen molar-refractivity contribution in [1.82, 2.24) is 0 Å². The average Bonchev–Trinajstić information content (AvgIpc) is 2.35. The molecule has 0 aromatic heterocycles. The van der Waals surface area contributed by atoms with Crippen molar-refractivity contribution in [2.24, 2.45) is 5.92 Å². The fourth-order valence-electron chi connectivity index (χ4n) is 1.90. The first kappa shape index (κ1) is 8.75. The minimum atomic E-state index is -0.692. The lowest BCUT2D eigenvalue weighted by Gasteiger charge is -2.25. The molecular weight excluding hydrogens is 140 g/mol. The van der Waals surface area contributed by atoms with Crippen molar-refractivity contribution in [3.8, 4) is 0 Å². The van der Waals surface area contributed by atoms with E-state index in [4.69, 9.17) is 5.11 Å². The quantitative estimate of drug-likeness (QED) is 0.600. The van der Waals surface area contributed by atoms with Gasteiger partial charge < -0.3 is 10.2 Å². The summed E-state index contributed by atoms with van der Waals surface area (Å²) in [6, 6.07) is 0. The first-order chi connectivity index (χ1) is 5.23. The molecule has 0 aliphatic heterocycles. The van der Waals surface area contributed by atoms with Crippen LogP contribution < -0.4 is 0 Å². The van der Waals surface area contributed by atoms with E-state index in [1.165, 1.54) is 0 Å². The predicted octanol–water partition coefficient (Wildman–Crippen LogP) is 1.09. The van der Waals surface area contributed by atoms with Crippen LogP contribution in [-0.4, -0.2) is 22.4 Å². The van der Waals surface area contributed by atoms with Gasteiger partial charge >= 0.3 is 0 Å². The summed E-state index contributed by atoms with van der Waals surface area (Å²) < 4.78 is 0. The zero-order valence-electron chi connectivity index (χ0n) is 6.79. The lowest BCUT2D eigenvalue weighted by molar-refractivity contribution is 0.0398. The second kappa shape index (κ2) is 3.37. The summed E-state index contributed by atoms with van der Waals surface area (Å²) in [5, 5.41) is 18.6. The van der Waals surface area contributed by atoms with Crippen molar-refractivity contribution in [2.45, 2.75) is 31.3 Å². The third-order valence-corrected chi connectivity index (χ3v) is 2.67. The molecule has 0 saturated heterocycles. The normalized spacial score (nSPS) is 37.5. The van der Waals surface area contributed by atoms with Crippen LogP contribution in [0.25, 0.3) is 0 Å². The van der Waals surface area contributed by atoms with E-state index in [9.17, 15) is 5.11 Å². The molecule has 2 heteroatoms. The summed E-state index contributed by atoms with van der Waals surface area (Å²) in [7, 11) is 0. The average molecular weight is 156 g/mol. The van der Waals surface area contributed by atoms with E-state index in [0.29, 0.717) is 6.42 Å². The van der Waals surface area contributed by atoms with Gasteiger partial charge in [-0.05, 0) is 31.6 Å². The largest absolute Gasteiger partial charge is 0.396 e. The minimum Gasteiger partial charge on any atom is -0.396 e. The maximum atomic E-state index is 9.86. The van der Waals surface area contributed by atoms with Crippen LogP contribution in [0.3, 0.4) is 0 Å². The molecular formula is C9H16O2. The van der Waals surface area contributed by atoms with Gasteiger partial charge in [0.05, 0.1) is 5.60 Å². The molecule has 0 aromatic carbocycles. The van der Waals surface area contributed by atoms with Crippen molar-refractivity contribution in [1.29, 1.82) is 0 Å². The summed E-state index contributed by atoms with van der Waals surface area (Å²) in [4.78, 5) is 0. The zero-order valence-corrected chi connectivity index (χ0v) is 6.79. The molecule has 11 heavy (non-hydrogen) atoms. The van der Waals surface area contributed by atoms with Crippen LogP contribution in [0.2, 0.25) is 0 Å². The molecule has 0 bridgehead atoms. The van der Waals surface area contributed by atoms with E-state index in [1.807, 2.05) is 0 Å². The SMILES string of the molecule is C=C[C@]1(O)CCC[C@@H]1CCO. The van der Waals surface area contributed by atoms with Gasteiger partial charge in [-0.1, -0.05) is 6.08 Å². The monoisotopic (exact) mass is 156 g/mol. The van der Waals surface area contributed by atoms with Gasteiger partial charge in [0.15, 0.2) is 0 Å². The van der Waals surface area contributed by atoms with E-state index >= 15 is 0 Å². The number of hydrogen-bond acceptors (Lipinski definition) is 2. The van der Waals surface area contributed by atoms with Crippen LogP contribution in [0.5, 0.6) is 0 Å². The Labute approximate surface area is 67.6 Å². The van der Waals surface area contributed by atoms with Crippen LogP contribution in [0, 0.1) is 5.92 Å². The van der Waals surface area contributed by atoms with E-state index in [-0.39, 0.29) is 12.5 Å². The molecule has 64 valence electrons. The first-order valence-electron chi connectivity index (χ1n) is 4.20. The van der Waals surface area contributed by atoms with Crippen LogP contribution >= 0.6 is 0 Å². The minimum absolute atomic E-state index is 0.167. The van der Waals surface area contributed by atoms with Crippen molar-refractivity contribution in [3.05, 3.63) is 12.7 Å². The summed E-state index contributed by atoms with van der Waals surface area (Å²) in [5.41, 5.74) is -0.692. The lowest BCUT2D eigenvalue weighted by Crippen LogP contribution is -2.30. The molecule has 0 aromatic rings. The second-order valence-corrected chi connectivity index (χ2v) is 3.30. The molecule has 0 heterocycles. The van der Waals surface area contributed by atoms with Crippen LogP contribution in [0.15, 0.2) is 12.7 Å². The van der Waals surface area contributed by atoms with Crippen molar-refractivity contribution < 1.29 is 10.2 Å². The number of aliphatic hydroxyl groups excluding tert-OH is 1. The fraction of sp³-hybridized carbons (Fsp3) is 0.778. The van der Waals surface area contributed by atoms with Gasteiger partial charge in [-0.15, -0.1) is 6.58 Å². The Morgan fingerprint density at radius 3 is 2.91 bits per heavy atom. The molecule has 2 N–H and O–H groups in total. The van der Waals surface area contributed by atoms with E-state index < -0.39 is 5.60 Å². The van der Waals surface area contributed by atoms with Gasteiger partial charge in [0.25, 0.3) is 0 Å². The summed E-state index contributed by atoms with van der Waals surface area (Å²) >= 11 is 0. The summed E-state index contributed by atoms with van der Waals surface area (Å²) in [6.07, 6.45) is 5.19. The Morgan fingerprint density at radius 2 is 2.36 bits per heavy atom. The molecule has 1 saturated carbocycles. The van der Waals surface area contributed by atoms with Gasteiger partial charge in [0, 0.05) is 6.61 Å². The maximum Gasteiger partial charge on any atom is 0.0853 e. The van der Waals surface area contributed by atoms with E-state index in [0.717, 1.165) is 19.3 Å². The Bertz CT molecular complexity index is 144. The molecule has 0 spiro atoms. The van der Waals surface area contributed by atoms with Gasteiger partial charge in [0.2, 0.25) is 0 Å². The predicted molar refractivity (Wildman–Crippen MR) is 44.2 cm³/mol. The van der Waals surface area contributed by atoms with Crippen molar-refractivity contribution in [2.75, 3.05) is 6.61 Å². The highest BCUT2D eigenvalue weighted by Crippen LogP contribution is 2.38. The molecule has 2 nitrogen and oxygen atoms in total. The zero-order chi connectivity index (χ0) is 8.32. The third-order valence-electron chi connectivity index (χ3n) is 2.67. The highest BCUT2D eigenvalue weighted by Gasteiger charge is 2.37. The molecule has 1 rings (SSSR count). The molecule has 0 radical (unpaired) electrons. The van der Waals surface area contributed by atoms with Crippen LogP contribution in [0.1, 0.15) is 25.7 Å². The Balaban J connectivity index is 2.56. The number of hydrogen-bond donors (Lipinski definition) is 2. The van der Waals surface area contributed by atoms with Gasteiger partial charge in [-0.25, -0.2) is 0 Å². The molecule has 2 atom stereocenters. The van der Waals surface area contributed by atoms with Crippen molar-refractivity contribution in [3.63, 3.8) is 0 Å². The number of aliphatic hydroxyl groups is 2. The molecule has 1 aliphatic carbocycles.